The van der Waals surface area contributed by atoms with Crippen molar-refractivity contribution in [2.24, 2.45) is 5.41 Å². The van der Waals surface area contributed by atoms with Crippen molar-refractivity contribution < 1.29 is 4.79 Å². The number of aromatic nitrogens is 2. The van der Waals surface area contributed by atoms with Crippen LogP contribution in [0.4, 0.5) is 0 Å². The van der Waals surface area contributed by atoms with Gasteiger partial charge in [-0.1, -0.05) is 27.7 Å². The van der Waals surface area contributed by atoms with Crippen LogP contribution in [0.25, 0.3) is 0 Å². The Balaban J connectivity index is 2.68. The molecule has 0 aliphatic heterocycles. The molecule has 1 unspecified atom stereocenters. The van der Waals surface area contributed by atoms with Gasteiger partial charge in [-0.25, -0.2) is 4.98 Å². The number of nitrogens with zero attached hydrogens (tertiary/aromatic N) is 1. The lowest BCUT2D eigenvalue weighted by atomic mass is 9.89. The van der Waals surface area contributed by atoms with E-state index in [1.54, 1.807) is 12.4 Å². The number of aromatic amines is 1. The number of carbonyl (C=O) groups excluding carboxylic acids is 1. The molecule has 4 heteroatoms. The van der Waals surface area contributed by atoms with E-state index in [4.69, 9.17) is 0 Å². The summed E-state index contributed by atoms with van der Waals surface area (Å²) in [6.07, 6.45) is 5.14. The zero-order valence-electron chi connectivity index (χ0n) is 10.5. The Morgan fingerprint density at radius 2 is 2.25 bits per heavy atom. The molecular formula is C12H21N3O. The molecule has 1 rings (SSSR count). The third-order valence-electron chi connectivity index (χ3n) is 3.06. The molecule has 16 heavy (non-hydrogen) atoms. The van der Waals surface area contributed by atoms with Crippen LogP contribution in [0.3, 0.4) is 0 Å². The molecule has 0 saturated carbocycles. The molecule has 0 fully saturated rings. The van der Waals surface area contributed by atoms with Gasteiger partial charge in [0.1, 0.15) is 5.82 Å². The normalized spacial score (nSPS) is 13.5. The standard InChI is InChI=1S/C12H21N3O/c1-5-9(10-13-7-8-14-10)15-11(16)12(3,4)6-2/h7-9H,5-6H2,1-4H3,(H,13,14)(H,15,16). The van der Waals surface area contributed by atoms with E-state index in [1.807, 2.05) is 27.7 Å². The monoisotopic (exact) mass is 223 g/mol. The van der Waals surface area contributed by atoms with Crippen LogP contribution in [0, 0.1) is 5.41 Å². The fourth-order valence-corrected chi connectivity index (χ4v) is 1.35. The van der Waals surface area contributed by atoms with Crippen molar-refractivity contribution in [2.45, 2.75) is 46.6 Å². The fraction of sp³-hybridized carbons (Fsp3) is 0.667. The Hall–Kier alpha value is -1.32. The highest BCUT2D eigenvalue weighted by Gasteiger charge is 2.27. The molecule has 0 saturated heterocycles. The van der Waals surface area contributed by atoms with E-state index in [-0.39, 0.29) is 17.4 Å². The van der Waals surface area contributed by atoms with Crippen molar-refractivity contribution >= 4 is 5.91 Å². The predicted octanol–water partition coefficient (Wildman–Crippen LogP) is 2.41. The lowest BCUT2D eigenvalue weighted by Gasteiger charge is -2.24. The molecule has 1 atom stereocenters. The highest BCUT2D eigenvalue weighted by Crippen LogP contribution is 2.22. The van der Waals surface area contributed by atoms with Gasteiger partial charge in [0.2, 0.25) is 5.91 Å². The number of carbonyl (C=O) groups is 1. The molecule has 0 bridgehead atoms. The van der Waals surface area contributed by atoms with Crippen molar-refractivity contribution in [3.8, 4) is 0 Å². The minimum absolute atomic E-state index is 0.0201. The first-order valence-electron chi connectivity index (χ1n) is 5.81. The quantitative estimate of drug-likeness (QED) is 0.805. The van der Waals surface area contributed by atoms with Gasteiger partial charge in [0, 0.05) is 17.8 Å². The van der Waals surface area contributed by atoms with Crippen LogP contribution >= 0.6 is 0 Å². The highest BCUT2D eigenvalue weighted by atomic mass is 16.2. The summed E-state index contributed by atoms with van der Waals surface area (Å²) >= 11 is 0. The van der Waals surface area contributed by atoms with Crippen molar-refractivity contribution in [1.82, 2.24) is 15.3 Å². The number of hydrogen-bond acceptors (Lipinski definition) is 2. The molecule has 4 nitrogen and oxygen atoms in total. The van der Waals surface area contributed by atoms with Gasteiger partial charge >= 0.3 is 0 Å². The minimum Gasteiger partial charge on any atom is -0.347 e. The second-order valence-corrected chi connectivity index (χ2v) is 4.65. The molecule has 0 aliphatic rings. The second-order valence-electron chi connectivity index (χ2n) is 4.65. The molecule has 1 amide bonds. The van der Waals surface area contributed by atoms with E-state index in [0.717, 1.165) is 18.7 Å². The van der Waals surface area contributed by atoms with E-state index in [0.29, 0.717) is 0 Å². The van der Waals surface area contributed by atoms with Gasteiger partial charge < -0.3 is 10.3 Å². The second kappa shape index (κ2) is 5.14. The molecule has 0 radical (unpaired) electrons. The molecule has 90 valence electrons. The molecule has 1 aromatic heterocycles. The lowest BCUT2D eigenvalue weighted by molar-refractivity contribution is -0.130. The van der Waals surface area contributed by atoms with E-state index in [2.05, 4.69) is 15.3 Å². The topological polar surface area (TPSA) is 57.8 Å². The van der Waals surface area contributed by atoms with Gasteiger partial charge in [-0.05, 0) is 12.8 Å². The first-order valence-corrected chi connectivity index (χ1v) is 5.81. The fourth-order valence-electron chi connectivity index (χ4n) is 1.35. The molecular weight excluding hydrogens is 202 g/mol. The maximum atomic E-state index is 12.0. The van der Waals surface area contributed by atoms with Crippen LogP contribution in [0.1, 0.15) is 52.4 Å². The van der Waals surface area contributed by atoms with Crippen molar-refractivity contribution in [2.75, 3.05) is 0 Å². The van der Waals surface area contributed by atoms with E-state index < -0.39 is 0 Å². The summed E-state index contributed by atoms with van der Waals surface area (Å²) in [6, 6.07) is -0.0201. The Bertz CT molecular complexity index is 330. The first kappa shape index (κ1) is 12.7. The minimum atomic E-state index is -0.319. The Kier molecular flexibility index (Phi) is 4.10. The van der Waals surface area contributed by atoms with Crippen LogP contribution in [0.2, 0.25) is 0 Å². The summed E-state index contributed by atoms with van der Waals surface area (Å²) in [6.45, 7) is 7.97. The third-order valence-corrected chi connectivity index (χ3v) is 3.06. The molecule has 2 N–H and O–H groups in total. The summed E-state index contributed by atoms with van der Waals surface area (Å²) in [5.41, 5.74) is -0.319. The molecule has 0 aliphatic carbocycles. The van der Waals surface area contributed by atoms with Crippen molar-refractivity contribution in [1.29, 1.82) is 0 Å². The largest absolute Gasteiger partial charge is 0.347 e. The molecule has 0 aromatic carbocycles. The Morgan fingerprint density at radius 3 is 2.69 bits per heavy atom. The maximum Gasteiger partial charge on any atom is 0.226 e. The van der Waals surface area contributed by atoms with Gasteiger partial charge in [0.15, 0.2) is 0 Å². The summed E-state index contributed by atoms with van der Waals surface area (Å²) in [5, 5.41) is 3.03. The Morgan fingerprint density at radius 1 is 1.56 bits per heavy atom. The summed E-state index contributed by atoms with van der Waals surface area (Å²) in [4.78, 5) is 19.2. The average Bonchev–Trinajstić information content (AvgIpc) is 2.78. The number of nitrogens with one attached hydrogen (secondary N) is 2. The predicted molar refractivity (Wildman–Crippen MR) is 63.8 cm³/mol. The zero-order valence-corrected chi connectivity index (χ0v) is 10.5. The zero-order chi connectivity index (χ0) is 12.2. The van der Waals surface area contributed by atoms with Crippen LogP contribution in [0.5, 0.6) is 0 Å². The third kappa shape index (κ3) is 2.84. The molecule has 1 aromatic rings. The number of H-pyrrole nitrogens is 1. The maximum absolute atomic E-state index is 12.0. The number of rotatable bonds is 5. The number of imidazole rings is 1. The van der Waals surface area contributed by atoms with Crippen molar-refractivity contribution in [3.05, 3.63) is 18.2 Å². The Labute approximate surface area is 96.9 Å². The molecule has 0 spiro atoms. The van der Waals surface area contributed by atoms with Gasteiger partial charge in [0.25, 0.3) is 0 Å². The van der Waals surface area contributed by atoms with E-state index in [9.17, 15) is 4.79 Å². The van der Waals surface area contributed by atoms with Gasteiger partial charge in [-0.3, -0.25) is 4.79 Å². The lowest BCUT2D eigenvalue weighted by Crippen LogP contribution is -2.39. The van der Waals surface area contributed by atoms with E-state index in [1.165, 1.54) is 0 Å². The summed E-state index contributed by atoms with van der Waals surface area (Å²) < 4.78 is 0. The van der Waals surface area contributed by atoms with Crippen LogP contribution in [0.15, 0.2) is 12.4 Å². The van der Waals surface area contributed by atoms with Crippen LogP contribution < -0.4 is 5.32 Å². The van der Waals surface area contributed by atoms with Gasteiger partial charge in [-0.2, -0.15) is 0 Å². The van der Waals surface area contributed by atoms with Gasteiger partial charge in [-0.15, -0.1) is 0 Å². The summed E-state index contributed by atoms with van der Waals surface area (Å²) in [5.74, 6) is 0.904. The highest BCUT2D eigenvalue weighted by molar-refractivity contribution is 5.82. The average molecular weight is 223 g/mol. The molecule has 1 heterocycles. The SMILES string of the molecule is CCC(NC(=O)C(C)(C)CC)c1ncc[nH]1. The smallest absolute Gasteiger partial charge is 0.226 e. The van der Waals surface area contributed by atoms with Crippen molar-refractivity contribution in [3.63, 3.8) is 0 Å². The van der Waals surface area contributed by atoms with Gasteiger partial charge in [0.05, 0.1) is 6.04 Å². The number of amides is 1. The van der Waals surface area contributed by atoms with Crippen LogP contribution in [-0.4, -0.2) is 15.9 Å². The first-order chi connectivity index (χ1) is 7.51. The number of hydrogen-bond donors (Lipinski definition) is 2. The van der Waals surface area contributed by atoms with Crippen LogP contribution in [-0.2, 0) is 4.79 Å². The summed E-state index contributed by atoms with van der Waals surface area (Å²) in [7, 11) is 0. The van der Waals surface area contributed by atoms with E-state index >= 15 is 0 Å².